The highest BCUT2D eigenvalue weighted by Crippen LogP contribution is 2.28. The Morgan fingerprint density at radius 2 is 1.88 bits per heavy atom. The normalized spacial score (nSPS) is 10.1. The standard InChI is InChI=1S/C11H9ClN2OS/c12-8-3-1-7(2-4-8)9-5-6-10(16-9)11(15)14-13/h1-6H,13H2,(H,14,15). The molecule has 0 aliphatic heterocycles. The van der Waals surface area contributed by atoms with E-state index < -0.39 is 0 Å². The molecule has 0 fully saturated rings. The predicted molar refractivity (Wildman–Crippen MR) is 66.4 cm³/mol. The molecule has 0 aliphatic carbocycles. The van der Waals surface area contributed by atoms with Crippen LogP contribution in [-0.4, -0.2) is 5.91 Å². The molecule has 0 saturated carbocycles. The zero-order valence-electron chi connectivity index (χ0n) is 8.24. The van der Waals surface area contributed by atoms with E-state index in [1.54, 1.807) is 6.07 Å². The Bertz CT molecular complexity index is 507. The molecule has 0 atom stereocenters. The van der Waals surface area contributed by atoms with E-state index >= 15 is 0 Å². The first-order valence-electron chi connectivity index (χ1n) is 4.57. The van der Waals surface area contributed by atoms with Crippen molar-refractivity contribution in [2.24, 2.45) is 5.84 Å². The lowest BCUT2D eigenvalue weighted by atomic mass is 10.2. The molecule has 5 heteroatoms. The lowest BCUT2D eigenvalue weighted by Gasteiger charge is -1.97. The van der Waals surface area contributed by atoms with Crippen LogP contribution in [0, 0.1) is 0 Å². The van der Waals surface area contributed by atoms with Gasteiger partial charge in [0.05, 0.1) is 4.88 Å². The molecule has 0 radical (unpaired) electrons. The number of benzene rings is 1. The van der Waals surface area contributed by atoms with Crippen LogP contribution >= 0.6 is 22.9 Å². The predicted octanol–water partition coefficient (Wildman–Crippen LogP) is 2.67. The van der Waals surface area contributed by atoms with Gasteiger partial charge in [-0.2, -0.15) is 0 Å². The van der Waals surface area contributed by atoms with E-state index in [2.05, 4.69) is 5.43 Å². The summed E-state index contributed by atoms with van der Waals surface area (Å²) in [6, 6.07) is 11.1. The molecule has 3 nitrogen and oxygen atoms in total. The molecule has 0 aliphatic rings. The number of nitrogens with one attached hydrogen (secondary N) is 1. The van der Waals surface area contributed by atoms with Gasteiger partial charge in [-0.05, 0) is 29.8 Å². The molecule has 82 valence electrons. The van der Waals surface area contributed by atoms with Crippen LogP contribution in [0.4, 0.5) is 0 Å². The van der Waals surface area contributed by atoms with Crippen molar-refractivity contribution in [3.8, 4) is 10.4 Å². The van der Waals surface area contributed by atoms with Gasteiger partial charge in [0.1, 0.15) is 0 Å². The van der Waals surface area contributed by atoms with Gasteiger partial charge in [0.25, 0.3) is 5.91 Å². The van der Waals surface area contributed by atoms with Gasteiger partial charge in [-0.15, -0.1) is 11.3 Å². The van der Waals surface area contributed by atoms with E-state index in [1.807, 2.05) is 30.3 Å². The molecule has 2 aromatic rings. The summed E-state index contributed by atoms with van der Waals surface area (Å²) in [4.78, 5) is 12.9. The number of amides is 1. The molecule has 1 heterocycles. The molecule has 0 bridgehead atoms. The number of hydrazine groups is 1. The van der Waals surface area contributed by atoms with Gasteiger partial charge in [-0.3, -0.25) is 10.2 Å². The Balaban J connectivity index is 2.31. The Labute approximate surface area is 102 Å². The van der Waals surface area contributed by atoms with E-state index in [4.69, 9.17) is 17.4 Å². The van der Waals surface area contributed by atoms with E-state index in [9.17, 15) is 4.79 Å². The highest BCUT2D eigenvalue weighted by atomic mass is 35.5. The van der Waals surface area contributed by atoms with E-state index in [0.29, 0.717) is 9.90 Å². The number of hydrogen-bond acceptors (Lipinski definition) is 3. The fourth-order valence-electron chi connectivity index (χ4n) is 1.30. The maximum atomic E-state index is 11.3. The molecule has 1 amide bonds. The minimum absolute atomic E-state index is 0.273. The molecule has 1 aromatic carbocycles. The van der Waals surface area contributed by atoms with Crippen LogP contribution in [0.5, 0.6) is 0 Å². The molecule has 0 spiro atoms. The number of rotatable bonds is 2. The summed E-state index contributed by atoms with van der Waals surface area (Å²) in [6.07, 6.45) is 0. The minimum atomic E-state index is -0.273. The molecule has 16 heavy (non-hydrogen) atoms. The smallest absolute Gasteiger partial charge is 0.275 e. The summed E-state index contributed by atoms with van der Waals surface area (Å²) in [7, 11) is 0. The van der Waals surface area contributed by atoms with E-state index in [1.165, 1.54) is 11.3 Å². The number of carbonyl (C=O) groups is 1. The Morgan fingerprint density at radius 1 is 1.19 bits per heavy atom. The number of nitrogen functional groups attached to an aromatic ring is 1. The minimum Gasteiger partial charge on any atom is -0.289 e. The van der Waals surface area contributed by atoms with E-state index in [-0.39, 0.29) is 5.91 Å². The molecular weight excluding hydrogens is 244 g/mol. The first-order chi connectivity index (χ1) is 7.70. The average molecular weight is 253 g/mol. The van der Waals surface area contributed by atoms with Crippen LogP contribution in [0.25, 0.3) is 10.4 Å². The second kappa shape index (κ2) is 4.65. The third-order valence-corrected chi connectivity index (χ3v) is 3.47. The molecule has 1 aromatic heterocycles. The number of carbonyl (C=O) groups excluding carboxylic acids is 1. The van der Waals surface area contributed by atoms with Crippen molar-refractivity contribution in [3.05, 3.63) is 46.3 Å². The summed E-state index contributed by atoms with van der Waals surface area (Å²) in [5, 5.41) is 0.695. The van der Waals surface area contributed by atoms with Crippen molar-refractivity contribution >= 4 is 28.8 Å². The van der Waals surface area contributed by atoms with Gasteiger partial charge in [-0.25, -0.2) is 5.84 Å². The molecule has 0 saturated heterocycles. The quantitative estimate of drug-likeness (QED) is 0.491. The Morgan fingerprint density at radius 3 is 2.50 bits per heavy atom. The number of halogens is 1. The average Bonchev–Trinajstić information content (AvgIpc) is 2.78. The third-order valence-electron chi connectivity index (χ3n) is 2.09. The fraction of sp³-hybridized carbons (Fsp3) is 0. The number of thiophene rings is 1. The topological polar surface area (TPSA) is 55.1 Å². The van der Waals surface area contributed by atoms with Crippen LogP contribution in [0.1, 0.15) is 9.67 Å². The molecular formula is C11H9ClN2OS. The summed E-state index contributed by atoms with van der Waals surface area (Å²) in [5.41, 5.74) is 3.14. The summed E-state index contributed by atoms with van der Waals surface area (Å²) >= 11 is 7.19. The summed E-state index contributed by atoms with van der Waals surface area (Å²) in [6.45, 7) is 0. The van der Waals surface area contributed by atoms with Gasteiger partial charge in [0.2, 0.25) is 0 Å². The first kappa shape index (κ1) is 11.1. The maximum absolute atomic E-state index is 11.3. The van der Waals surface area contributed by atoms with Crippen molar-refractivity contribution in [3.63, 3.8) is 0 Å². The van der Waals surface area contributed by atoms with Crippen LogP contribution in [-0.2, 0) is 0 Å². The van der Waals surface area contributed by atoms with Crippen molar-refractivity contribution in [1.82, 2.24) is 5.43 Å². The molecule has 0 unspecified atom stereocenters. The van der Waals surface area contributed by atoms with E-state index in [0.717, 1.165) is 10.4 Å². The van der Waals surface area contributed by atoms with Gasteiger partial charge in [-0.1, -0.05) is 23.7 Å². The fourth-order valence-corrected chi connectivity index (χ4v) is 2.34. The van der Waals surface area contributed by atoms with Gasteiger partial charge >= 0.3 is 0 Å². The zero-order chi connectivity index (χ0) is 11.5. The van der Waals surface area contributed by atoms with Crippen LogP contribution < -0.4 is 11.3 Å². The lowest BCUT2D eigenvalue weighted by Crippen LogP contribution is -2.29. The second-order valence-electron chi connectivity index (χ2n) is 3.14. The van der Waals surface area contributed by atoms with Crippen LogP contribution in [0.2, 0.25) is 5.02 Å². The van der Waals surface area contributed by atoms with Crippen LogP contribution in [0.15, 0.2) is 36.4 Å². The molecule has 2 rings (SSSR count). The van der Waals surface area contributed by atoms with Gasteiger partial charge < -0.3 is 0 Å². The maximum Gasteiger partial charge on any atom is 0.275 e. The monoisotopic (exact) mass is 252 g/mol. The molecule has 3 N–H and O–H groups in total. The Kier molecular flexibility index (Phi) is 3.24. The number of nitrogens with two attached hydrogens (primary N) is 1. The van der Waals surface area contributed by atoms with Gasteiger partial charge in [0.15, 0.2) is 0 Å². The Hall–Kier alpha value is -1.36. The summed E-state index contributed by atoms with van der Waals surface area (Å²) < 4.78 is 0. The third kappa shape index (κ3) is 2.24. The van der Waals surface area contributed by atoms with Crippen molar-refractivity contribution in [2.45, 2.75) is 0 Å². The summed E-state index contributed by atoms with van der Waals surface area (Å²) in [5.74, 6) is 4.79. The highest BCUT2D eigenvalue weighted by Gasteiger charge is 2.08. The SMILES string of the molecule is NNC(=O)c1ccc(-c2ccc(Cl)cc2)s1. The second-order valence-corrected chi connectivity index (χ2v) is 4.66. The van der Waals surface area contributed by atoms with Crippen LogP contribution in [0.3, 0.4) is 0 Å². The lowest BCUT2D eigenvalue weighted by molar-refractivity contribution is 0.0957. The largest absolute Gasteiger partial charge is 0.289 e. The zero-order valence-corrected chi connectivity index (χ0v) is 9.81. The van der Waals surface area contributed by atoms with Gasteiger partial charge in [0, 0.05) is 9.90 Å². The van der Waals surface area contributed by atoms with Crippen molar-refractivity contribution in [2.75, 3.05) is 0 Å². The van der Waals surface area contributed by atoms with Crippen molar-refractivity contribution in [1.29, 1.82) is 0 Å². The number of hydrogen-bond donors (Lipinski definition) is 2. The first-order valence-corrected chi connectivity index (χ1v) is 5.77. The van der Waals surface area contributed by atoms with Crippen molar-refractivity contribution < 1.29 is 4.79 Å². The highest BCUT2D eigenvalue weighted by molar-refractivity contribution is 7.17.